The smallest absolute Gasteiger partial charge is 0.272 e. The Hall–Kier alpha value is -3.16. The Balaban J connectivity index is 1.57. The fourth-order valence-corrected chi connectivity index (χ4v) is 2.12. The monoisotopic (exact) mass is 326 g/mol. The zero-order valence-corrected chi connectivity index (χ0v) is 13.4. The van der Waals surface area contributed by atoms with Crippen LogP contribution in [0.25, 0.3) is 0 Å². The van der Waals surface area contributed by atoms with E-state index in [1.165, 1.54) is 0 Å². The first-order valence-corrected chi connectivity index (χ1v) is 7.53. The SMILES string of the molecule is Cc1nc(C(C)NC(=O)c2cc(COc3ccccc3)[nH]n2)n[nH]1. The third-order valence-corrected chi connectivity index (χ3v) is 3.35. The molecule has 24 heavy (non-hydrogen) atoms. The van der Waals surface area contributed by atoms with Crippen molar-refractivity contribution in [1.82, 2.24) is 30.7 Å². The highest BCUT2D eigenvalue weighted by molar-refractivity contribution is 5.92. The number of aromatic amines is 2. The van der Waals surface area contributed by atoms with Crippen LogP contribution in [0, 0.1) is 6.92 Å². The minimum absolute atomic E-state index is 0.292. The molecule has 3 rings (SSSR count). The summed E-state index contributed by atoms with van der Waals surface area (Å²) < 4.78 is 5.61. The number of H-pyrrole nitrogens is 2. The summed E-state index contributed by atoms with van der Waals surface area (Å²) in [7, 11) is 0. The van der Waals surface area contributed by atoms with Crippen molar-refractivity contribution in [1.29, 1.82) is 0 Å². The van der Waals surface area contributed by atoms with Gasteiger partial charge in [0.15, 0.2) is 5.82 Å². The second-order valence-corrected chi connectivity index (χ2v) is 5.35. The number of carbonyl (C=O) groups is 1. The van der Waals surface area contributed by atoms with Crippen molar-refractivity contribution in [2.24, 2.45) is 0 Å². The number of carbonyl (C=O) groups excluding carboxylic acids is 1. The fourth-order valence-electron chi connectivity index (χ4n) is 2.12. The van der Waals surface area contributed by atoms with Gasteiger partial charge in [0, 0.05) is 0 Å². The number of nitrogens with zero attached hydrogens (tertiary/aromatic N) is 3. The molecule has 1 unspecified atom stereocenters. The van der Waals surface area contributed by atoms with E-state index >= 15 is 0 Å². The van der Waals surface area contributed by atoms with E-state index in [9.17, 15) is 4.79 Å². The molecule has 0 aliphatic heterocycles. The molecule has 0 radical (unpaired) electrons. The van der Waals surface area contributed by atoms with Crippen LogP contribution < -0.4 is 10.1 Å². The van der Waals surface area contributed by atoms with Gasteiger partial charge in [0.25, 0.3) is 5.91 Å². The van der Waals surface area contributed by atoms with Crippen LogP contribution in [0.5, 0.6) is 5.75 Å². The molecule has 0 spiro atoms. The van der Waals surface area contributed by atoms with Crippen molar-refractivity contribution < 1.29 is 9.53 Å². The molecule has 2 heterocycles. The third kappa shape index (κ3) is 3.78. The average Bonchev–Trinajstić information content (AvgIpc) is 3.23. The molecule has 124 valence electrons. The lowest BCUT2D eigenvalue weighted by Crippen LogP contribution is -2.27. The summed E-state index contributed by atoms with van der Waals surface area (Å²) in [6, 6.07) is 10.8. The average molecular weight is 326 g/mol. The molecule has 1 aromatic carbocycles. The Morgan fingerprint density at radius 2 is 2.04 bits per heavy atom. The summed E-state index contributed by atoms with van der Waals surface area (Å²) in [4.78, 5) is 16.4. The highest BCUT2D eigenvalue weighted by Gasteiger charge is 2.17. The van der Waals surface area contributed by atoms with Crippen LogP contribution in [0.15, 0.2) is 36.4 Å². The molecule has 1 amide bonds. The van der Waals surface area contributed by atoms with Crippen LogP contribution in [-0.2, 0) is 6.61 Å². The predicted molar refractivity (Wildman–Crippen MR) is 86.4 cm³/mol. The van der Waals surface area contributed by atoms with Crippen molar-refractivity contribution in [3.8, 4) is 5.75 Å². The van der Waals surface area contributed by atoms with Crippen LogP contribution in [-0.4, -0.2) is 31.3 Å². The quantitative estimate of drug-likeness (QED) is 0.641. The molecular formula is C16H18N6O2. The number of rotatable bonds is 6. The van der Waals surface area contributed by atoms with Crippen LogP contribution in [0.4, 0.5) is 0 Å². The lowest BCUT2D eigenvalue weighted by molar-refractivity contribution is 0.0933. The van der Waals surface area contributed by atoms with Crippen molar-refractivity contribution in [2.75, 3.05) is 0 Å². The molecule has 0 bridgehead atoms. The van der Waals surface area contributed by atoms with Crippen LogP contribution in [0.3, 0.4) is 0 Å². The second-order valence-electron chi connectivity index (χ2n) is 5.35. The number of aromatic nitrogens is 5. The molecule has 0 fully saturated rings. The van der Waals surface area contributed by atoms with Gasteiger partial charge in [-0.1, -0.05) is 18.2 Å². The van der Waals surface area contributed by atoms with Gasteiger partial charge in [0.2, 0.25) is 0 Å². The van der Waals surface area contributed by atoms with Crippen LogP contribution >= 0.6 is 0 Å². The summed E-state index contributed by atoms with van der Waals surface area (Å²) in [6.45, 7) is 3.92. The number of hydrogen-bond donors (Lipinski definition) is 3. The summed E-state index contributed by atoms with van der Waals surface area (Å²) >= 11 is 0. The van der Waals surface area contributed by atoms with E-state index in [1.807, 2.05) is 37.3 Å². The Labute approximate surface area is 138 Å². The van der Waals surface area contributed by atoms with Gasteiger partial charge >= 0.3 is 0 Å². The highest BCUT2D eigenvalue weighted by Crippen LogP contribution is 2.12. The number of nitrogens with one attached hydrogen (secondary N) is 3. The lowest BCUT2D eigenvalue weighted by Gasteiger charge is -2.08. The number of benzene rings is 1. The molecule has 8 nitrogen and oxygen atoms in total. The number of hydrogen-bond acceptors (Lipinski definition) is 5. The van der Waals surface area contributed by atoms with Gasteiger partial charge in [-0.3, -0.25) is 15.0 Å². The Bertz CT molecular complexity index is 811. The van der Waals surface area contributed by atoms with Gasteiger partial charge < -0.3 is 10.1 Å². The van der Waals surface area contributed by atoms with E-state index < -0.39 is 0 Å². The van der Waals surface area contributed by atoms with Crippen molar-refractivity contribution in [2.45, 2.75) is 26.5 Å². The molecule has 2 aromatic heterocycles. The largest absolute Gasteiger partial charge is 0.487 e. The molecule has 8 heteroatoms. The predicted octanol–water partition coefficient (Wildman–Crippen LogP) is 1.91. The van der Waals surface area contributed by atoms with E-state index in [4.69, 9.17) is 4.74 Å². The van der Waals surface area contributed by atoms with E-state index in [0.29, 0.717) is 29.6 Å². The number of aryl methyl sites for hydroxylation is 1. The molecule has 0 saturated carbocycles. The standard InChI is InChI=1S/C16H18N6O2/c1-10(15-18-11(2)19-22-15)17-16(23)14-8-12(20-21-14)9-24-13-6-4-3-5-7-13/h3-8,10H,9H2,1-2H3,(H,17,23)(H,20,21)(H,18,19,22). The van der Waals surface area contributed by atoms with Gasteiger partial charge in [0.1, 0.15) is 23.9 Å². The Morgan fingerprint density at radius 1 is 1.25 bits per heavy atom. The number of amides is 1. The second kappa shape index (κ2) is 6.95. The van der Waals surface area contributed by atoms with Crippen molar-refractivity contribution >= 4 is 5.91 Å². The van der Waals surface area contributed by atoms with Crippen molar-refractivity contribution in [3.05, 3.63) is 59.4 Å². The zero-order chi connectivity index (χ0) is 16.9. The molecule has 3 aromatic rings. The maximum Gasteiger partial charge on any atom is 0.272 e. The minimum atomic E-state index is -0.317. The summed E-state index contributed by atoms with van der Waals surface area (Å²) in [5.41, 5.74) is 1.01. The normalized spacial score (nSPS) is 11.9. The van der Waals surface area contributed by atoms with Gasteiger partial charge in [-0.15, -0.1) is 0 Å². The van der Waals surface area contributed by atoms with Gasteiger partial charge in [-0.05, 0) is 32.0 Å². The Morgan fingerprint density at radius 3 is 2.75 bits per heavy atom. The topological polar surface area (TPSA) is 109 Å². The molecule has 0 aliphatic carbocycles. The lowest BCUT2D eigenvalue weighted by atomic mass is 10.3. The minimum Gasteiger partial charge on any atom is -0.487 e. The fraction of sp³-hybridized carbons (Fsp3) is 0.250. The number of ether oxygens (including phenoxy) is 1. The van der Waals surface area contributed by atoms with Gasteiger partial charge in [-0.25, -0.2) is 4.98 Å². The molecule has 0 saturated heterocycles. The molecule has 1 atom stereocenters. The summed E-state index contributed by atoms with van der Waals surface area (Å²) in [5.74, 6) is 1.69. The maximum absolute atomic E-state index is 12.2. The van der Waals surface area contributed by atoms with Crippen molar-refractivity contribution in [3.63, 3.8) is 0 Å². The van der Waals surface area contributed by atoms with E-state index in [1.54, 1.807) is 13.0 Å². The molecule has 0 aliphatic rings. The first-order chi connectivity index (χ1) is 11.6. The number of para-hydroxylation sites is 1. The van der Waals surface area contributed by atoms with E-state index in [2.05, 4.69) is 30.7 Å². The van der Waals surface area contributed by atoms with Crippen LogP contribution in [0.1, 0.15) is 40.8 Å². The first kappa shape index (κ1) is 15.7. The zero-order valence-electron chi connectivity index (χ0n) is 13.4. The first-order valence-electron chi connectivity index (χ1n) is 7.53. The van der Waals surface area contributed by atoms with Gasteiger partial charge in [0.05, 0.1) is 11.7 Å². The van der Waals surface area contributed by atoms with Crippen LogP contribution in [0.2, 0.25) is 0 Å². The summed E-state index contributed by atoms with van der Waals surface area (Å²) in [6.07, 6.45) is 0. The van der Waals surface area contributed by atoms with Gasteiger partial charge in [-0.2, -0.15) is 10.2 Å². The third-order valence-electron chi connectivity index (χ3n) is 3.35. The maximum atomic E-state index is 12.2. The van der Waals surface area contributed by atoms with E-state index in [-0.39, 0.29) is 11.9 Å². The highest BCUT2D eigenvalue weighted by atomic mass is 16.5. The Kier molecular flexibility index (Phi) is 4.55. The molecule has 3 N–H and O–H groups in total. The molecular weight excluding hydrogens is 308 g/mol. The van der Waals surface area contributed by atoms with E-state index in [0.717, 1.165) is 5.75 Å². The summed E-state index contributed by atoms with van der Waals surface area (Å²) in [5, 5.41) is 16.4.